The number of fused-ring (bicyclic) bond motifs is 7. The van der Waals surface area contributed by atoms with Gasteiger partial charge in [-0.15, -0.1) is 0 Å². The van der Waals surface area contributed by atoms with Crippen LogP contribution < -0.4 is 5.32 Å². The Labute approximate surface area is 281 Å². The third kappa shape index (κ3) is 5.63. The molecular formula is C41H69NO4. The highest BCUT2D eigenvalue weighted by molar-refractivity contribution is 5.81. The largest absolute Gasteiger partial charge is 0.481 e. The molecule has 0 aromatic carbocycles. The van der Waals surface area contributed by atoms with Crippen molar-refractivity contribution in [2.75, 3.05) is 13.1 Å². The summed E-state index contributed by atoms with van der Waals surface area (Å²) < 4.78 is 6.18. The number of ether oxygens (including phenoxy) is 1. The Morgan fingerprint density at radius 3 is 2.26 bits per heavy atom. The predicted octanol–water partition coefficient (Wildman–Crippen LogP) is 9.84. The second kappa shape index (κ2) is 12.5. The minimum atomic E-state index is -1.11. The summed E-state index contributed by atoms with van der Waals surface area (Å²) in [6.45, 7) is 27.4. The van der Waals surface area contributed by atoms with E-state index < -0.39 is 11.4 Å². The number of nitrogens with one attached hydrogen (secondary N) is 1. The zero-order valence-electron chi connectivity index (χ0n) is 31.2. The molecule has 5 rings (SSSR count). The number of carbonyl (C=O) groups is 2. The first-order valence-corrected chi connectivity index (χ1v) is 19.2. The zero-order valence-corrected chi connectivity index (χ0v) is 31.2. The van der Waals surface area contributed by atoms with Gasteiger partial charge in [0.15, 0.2) is 0 Å². The molecular weight excluding hydrogens is 570 g/mol. The second-order valence-corrected chi connectivity index (χ2v) is 19.1. The van der Waals surface area contributed by atoms with Crippen LogP contribution in [0.2, 0.25) is 0 Å². The van der Waals surface area contributed by atoms with Gasteiger partial charge in [0.05, 0.1) is 11.8 Å². The van der Waals surface area contributed by atoms with E-state index in [9.17, 15) is 14.7 Å². The molecule has 5 saturated carbocycles. The van der Waals surface area contributed by atoms with Crippen LogP contribution in [0.15, 0.2) is 12.2 Å². The predicted molar refractivity (Wildman–Crippen MR) is 187 cm³/mol. The van der Waals surface area contributed by atoms with Crippen molar-refractivity contribution >= 4 is 11.9 Å². The number of rotatable bonds is 11. The van der Waals surface area contributed by atoms with Gasteiger partial charge in [-0.05, 0) is 169 Å². The number of hydrogen-bond donors (Lipinski definition) is 2. The second-order valence-electron chi connectivity index (χ2n) is 19.1. The van der Waals surface area contributed by atoms with Gasteiger partial charge in [-0.25, -0.2) is 0 Å². The van der Waals surface area contributed by atoms with E-state index in [0.717, 1.165) is 37.8 Å². The summed E-state index contributed by atoms with van der Waals surface area (Å²) >= 11 is 0. The van der Waals surface area contributed by atoms with Crippen molar-refractivity contribution in [3.05, 3.63) is 12.2 Å². The van der Waals surface area contributed by atoms with E-state index in [-0.39, 0.29) is 29.3 Å². The molecule has 0 aromatic heterocycles. The molecule has 5 aliphatic carbocycles. The molecule has 5 aliphatic rings. The van der Waals surface area contributed by atoms with Gasteiger partial charge in [-0.1, -0.05) is 53.7 Å². The fourth-order valence-electron chi connectivity index (χ4n) is 13.4. The van der Waals surface area contributed by atoms with Gasteiger partial charge in [0.1, 0.15) is 6.10 Å². The van der Waals surface area contributed by atoms with Crippen molar-refractivity contribution in [3.63, 3.8) is 0 Å². The van der Waals surface area contributed by atoms with Crippen molar-refractivity contribution in [1.29, 1.82) is 0 Å². The summed E-state index contributed by atoms with van der Waals surface area (Å²) in [5.41, 5.74) is 1.54. The highest BCUT2D eigenvalue weighted by atomic mass is 16.5. The van der Waals surface area contributed by atoms with Crippen LogP contribution in [0.25, 0.3) is 0 Å². The van der Waals surface area contributed by atoms with E-state index in [4.69, 9.17) is 4.74 Å². The molecule has 0 spiro atoms. The highest BCUT2D eigenvalue weighted by Crippen LogP contribution is 2.78. The van der Waals surface area contributed by atoms with Gasteiger partial charge >= 0.3 is 11.9 Å². The van der Waals surface area contributed by atoms with Crippen LogP contribution in [0.1, 0.15) is 152 Å². The average Bonchev–Trinajstić information content (AvgIpc) is 3.34. The van der Waals surface area contributed by atoms with Crippen LogP contribution >= 0.6 is 0 Å². The molecule has 0 radical (unpaired) electrons. The number of carboxylic acids is 1. The lowest BCUT2D eigenvalue weighted by molar-refractivity contribution is -0.250. The number of esters is 1. The maximum absolute atomic E-state index is 13.0. The SMILES string of the molecule is C=C(C)[C@@H]1CC[C@]2(CCCNCCC)CC[C@]3(C)[C@H](CC[C@@H]4[C@@]5(C)CC[C@H](OC(=O)CC(C)(C)C(=O)O)C(C)(C)[C@@H]5CC[C@]43C)[C@@H]12. The topological polar surface area (TPSA) is 75.6 Å². The molecule has 46 heavy (non-hydrogen) atoms. The summed E-state index contributed by atoms with van der Waals surface area (Å²) in [6.07, 6.45) is 16.2. The third-order valence-corrected chi connectivity index (χ3v) is 16.1. The quantitative estimate of drug-likeness (QED) is 0.134. The lowest BCUT2D eigenvalue weighted by Crippen LogP contribution is -2.66. The van der Waals surface area contributed by atoms with Gasteiger partial charge in [-0.3, -0.25) is 9.59 Å². The minimum Gasteiger partial charge on any atom is -0.481 e. The fraction of sp³-hybridized carbons (Fsp3) is 0.902. The van der Waals surface area contributed by atoms with E-state index in [1.54, 1.807) is 13.8 Å². The van der Waals surface area contributed by atoms with Crippen LogP contribution in [-0.4, -0.2) is 36.2 Å². The average molecular weight is 640 g/mol. The van der Waals surface area contributed by atoms with Crippen molar-refractivity contribution in [3.8, 4) is 0 Å². The van der Waals surface area contributed by atoms with Crippen LogP contribution in [-0.2, 0) is 14.3 Å². The molecule has 10 atom stereocenters. The van der Waals surface area contributed by atoms with E-state index in [0.29, 0.717) is 34.0 Å². The fourth-order valence-corrected chi connectivity index (χ4v) is 13.4. The lowest BCUT2D eigenvalue weighted by atomic mass is 9.32. The number of aliphatic carboxylic acids is 1. The Balaban J connectivity index is 1.38. The Kier molecular flexibility index (Phi) is 9.77. The molecule has 0 aliphatic heterocycles. The lowest BCUT2D eigenvalue weighted by Gasteiger charge is -2.73. The zero-order chi connectivity index (χ0) is 33.9. The van der Waals surface area contributed by atoms with Gasteiger partial charge in [-0.2, -0.15) is 0 Å². The van der Waals surface area contributed by atoms with E-state index in [1.165, 1.54) is 76.2 Å². The number of hydrogen-bond acceptors (Lipinski definition) is 4. The smallest absolute Gasteiger partial charge is 0.309 e. The number of allylic oxidation sites excluding steroid dienone is 1. The number of carboxylic acid groups (broad SMARTS) is 1. The van der Waals surface area contributed by atoms with Gasteiger partial charge in [0.25, 0.3) is 0 Å². The van der Waals surface area contributed by atoms with E-state index in [1.807, 2.05) is 0 Å². The Morgan fingerprint density at radius 1 is 0.891 bits per heavy atom. The molecule has 0 heterocycles. The molecule has 2 N–H and O–H groups in total. The van der Waals surface area contributed by atoms with Crippen LogP contribution in [0.3, 0.4) is 0 Å². The first-order chi connectivity index (χ1) is 21.4. The first-order valence-electron chi connectivity index (χ1n) is 19.2. The summed E-state index contributed by atoms with van der Waals surface area (Å²) in [4.78, 5) is 24.7. The molecule has 0 unspecified atom stereocenters. The molecule has 0 amide bonds. The normalized spacial score (nSPS) is 43.1. The Hall–Kier alpha value is -1.36. The van der Waals surface area contributed by atoms with Gasteiger partial charge < -0.3 is 15.2 Å². The van der Waals surface area contributed by atoms with E-state index in [2.05, 4.69) is 60.4 Å². The van der Waals surface area contributed by atoms with Crippen molar-refractivity contribution in [2.45, 2.75) is 158 Å². The number of carbonyl (C=O) groups excluding carboxylic acids is 1. The van der Waals surface area contributed by atoms with Crippen LogP contribution in [0.5, 0.6) is 0 Å². The van der Waals surface area contributed by atoms with Crippen LogP contribution in [0, 0.1) is 62.1 Å². The monoisotopic (exact) mass is 640 g/mol. The summed E-state index contributed by atoms with van der Waals surface area (Å²) in [5.74, 6) is 2.08. The van der Waals surface area contributed by atoms with E-state index >= 15 is 0 Å². The summed E-state index contributed by atoms with van der Waals surface area (Å²) in [7, 11) is 0. The van der Waals surface area contributed by atoms with Gasteiger partial charge in [0, 0.05) is 5.41 Å². The molecule has 0 bridgehead atoms. The molecule has 5 fully saturated rings. The van der Waals surface area contributed by atoms with Crippen LogP contribution in [0.4, 0.5) is 0 Å². The molecule has 5 nitrogen and oxygen atoms in total. The highest BCUT2D eigenvalue weighted by Gasteiger charge is 2.71. The molecule has 0 saturated heterocycles. The van der Waals surface area contributed by atoms with Crippen molar-refractivity contribution < 1.29 is 19.4 Å². The molecule has 5 heteroatoms. The van der Waals surface area contributed by atoms with Crippen molar-refractivity contribution in [1.82, 2.24) is 5.32 Å². The van der Waals surface area contributed by atoms with Gasteiger partial charge in [0.2, 0.25) is 0 Å². The summed E-state index contributed by atoms with van der Waals surface area (Å²) in [5, 5.41) is 13.3. The maximum Gasteiger partial charge on any atom is 0.309 e. The maximum atomic E-state index is 13.0. The molecule has 262 valence electrons. The standard InChI is InChI=1S/C41H69NO4/c1-11-24-42-25-12-18-41-21-15-28(27(2)3)34(41)29-13-14-31-38(8)19-17-32(46-33(43)26-36(4,5)35(44)45)37(6,7)30(38)16-20-40(31,10)39(29,9)22-23-41/h28-32,34,42H,2,11-26H2,1,3-10H3,(H,44,45)/t28-,29+,30-,31+,32-,34+,38-,39+,40+,41+/m0/s1. The summed E-state index contributed by atoms with van der Waals surface area (Å²) in [6, 6.07) is 0. The minimum absolute atomic E-state index is 0.0830. The Bertz CT molecular complexity index is 1170. The third-order valence-electron chi connectivity index (χ3n) is 16.1. The molecule has 0 aromatic rings. The Morgan fingerprint density at radius 2 is 1.61 bits per heavy atom. The first kappa shape index (κ1) is 35.9. The van der Waals surface area contributed by atoms with Crippen molar-refractivity contribution in [2.24, 2.45) is 62.1 Å².